The van der Waals surface area contributed by atoms with Gasteiger partial charge in [0.25, 0.3) is 0 Å². The van der Waals surface area contributed by atoms with Crippen molar-refractivity contribution in [1.29, 1.82) is 0 Å². The van der Waals surface area contributed by atoms with E-state index in [4.69, 9.17) is 37.4 Å². The quantitative estimate of drug-likeness (QED) is 0.581. The highest BCUT2D eigenvalue weighted by atomic mass is 35.5. The third-order valence-corrected chi connectivity index (χ3v) is 6.09. The Morgan fingerprint density at radius 3 is 2.43 bits per heavy atom. The van der Waals surface area contributed by atoms with Crippen LogP contribution < -0.4 is 19.5 Å². The Hall–Kier alpha value is -1.66. The maximum atomic E-state index is 6.40. The topological polar surface area (TPSA) is 43.0 Å². The molecular formula is C23H30Cl2N2O3. The normalized spacial score (nSPS) is 15.8. The first-order valence-electron chi connectivity index (χ1n) is 10.3. The Morgan fingerprint density at radius 2 is 1.77 bits per heavy atom. The van der Waals surface area contributed by atoms with Gasteiger partial charge in [0.15, 0.2) is 11.5 Å². The van der Waals surface area contributed by atoms with Crippen molar-refractivity contribution in [3.05, 3.63) is 51.0 Å². The van der Waals surface area contributed by atoms with E-state index >= 15 is 0 Å². The SMILES string of the molecule is CCN(CC)CCOc1cc2c(cc1OC)CCNC2c1cc(Cl)cc(Cl)c1OC. The number of methoxy groups -OCH3 is 2. The molecule has 2 aromatic carbocycles. The van der Waals surface area contributed by atoms with Crippen LogP contribution in [0.2, 0.25) is 10.0 Å². The molecule has 0 aliphatic carbocycles. The van der Waals surface area contributed by atoms with E-state index < -0.39 is 0 Å². The van der Waals surface area contributed by atoms with E-state index in [1.54, 1.807) is 20.3 Å². The van der Waals surface area contributed by atoms with Crippen molar-refractivity contribution in [2.24, 2.45) is 0 Å². The average Bonchev–Trinajstić information content (AvgIpc) is 2.75. The summed E-state index contributed by atoms with van der Waals surface area (Å²) >= 11 is 12.7. The zero-order chi connectivity index (χ0) is 21.7. The van der Waals surface area contributed by atoms with Gasteiger partial charge in [-0.1, -0.05) is 37.0 Å². The van der Waals surface area contributed by atoms with Crippen LogP contribution in [-0.2, 0) is 6.42 Å². The van der Waals surface area contributed by atoms with E-state index in [-0.39, 0.29) is 6.04 Å². The van der Waals surface area contributed by atoms with Gasteiger partial charge in [-0.3, -0.25) is 0 Å². The summed E-state index contributed by atoms with van der Waals surface area (Å²) in [6, 6.07) is 7.65. The van der Waals surface area contributed by atoms with Gasteiger partial charge in [-0.15, -0.1) is 0 Å². The fourth-order valence-electron chi connectivity index (χ4n) is 3.95. The van der Waals surface area contributed by atoms with Gasteiger partial charge >= 0.3 is 0 Å². The summed E-state index contributed by atoms with van der Waals surface area (Å²) in [4.78, 5) is 2.33. The molecule has 1 aliphatic rings. The molecule has 0 amide bonds. The Labute approximate surface area is 189 Å². The van der Waals surface area contributed by atoms with Gasteiger partial charge in [0.1, 0.15) is 12.4 Å². The van der Waals surface area contributed by atoms with Crippen LogP contribution in [0.3, 0.4) is 0 Å². The lowest BCUT2D eigenvalue weighted by molar-refractivity contribution is 0.217. The second-order valence-electron chi connectivity index (χ2n) is 7.22. The lowest BCUT2D eigenvalue weighted by Gasteiger charge is -2.30. The van der Waals surface area contributed by atoms with Crippen LogP contribution >= 0.6 is 23.2 Å². The third-order valence-electron chi connectivity index (χ3n) is 5.59. The molecule has 2 aromatic rings. The molecule has 3 rings (SSSR count). The second-order valence-corrected chi connectivity index (χ2v) is 8.07. The summed E-state index contributed by atoms with van der Waals surface area (Å²) in [7, 11) is 3.30. The van der Waals surface area contributed by atoms with Gasteiger partial charge in [0, 0.05) is 23.7 Å². The number of benzene rings is 2. The molecule has 30 heavy (non-hydrogen) atoms. The van der Waals surface area contributed by atoms with E-state index in [9.17, 15) is 0 Å². The number of hydrogen-bond donors (Lipinski definition) is 1. The molecule has 1 aliphatic heterocycles. The highest BCUT2D eigenvalue weighted by Gasteiger charge is 2.27. The van der Waals surface area contributed by atoms with Crippen LogP contribution in [0.25, 0.3) is 0 Å². The summed E-state index contributed by atoms with van der Waals surface area (Å²) in [5.41, 5.74) is 3.25. The van der Waals surface area contributed by atoms with Gasteiger partial charge in [-0.25, -0.2) is 0 Å². The van der Waals surface area contributed by atoms with Gasteiger partial charge in [-0.2, -0.15) is 0 Å². The highest BCUT2D eigenvalue weighted by Crippen LogP contribution is 2.42. The van der Waals surface area contributed by atoms with E-state index in [1.165, 1.54) is 5.56 Å². The van der Waals surface area contributed by atoms with Gasteiger partial charge < -0.3 is 24.4 Å². The Bertz CT molecular complexity index is 872. The third kappa shape index (κ3) is 4.97. The van der Waals surface area contributed by atoms with E-state index in [2.05, 4.69) is 36.2 Å². The molecule has 5 nitrogen and oxygen atoms in total. The molecule has 1 unspecified atom stereocenters. The molecule has 7 heteroatoms. The van der Waals surface area contributed by atoms with Crippen molar-refractivity contribution in [3.63, 3.8) is 0 Å². The van der Waals surface area contributed by atoms with Gasteiger partial charge in [-0.05, 0) is 54.9 Å². The summed E-state index contributed by atoms with van der Waals surface area (Å²) in [6.45, 7) is 8.61. The molecule has 0 bridgehead atoms. The number of likely N-dealkylation sites (N-methyl/N-ethyl adjacent to an activating group) is 1. The maximum Gasteiger partial charge on any atom is 0.161 e. The largest absolute Gasteiger partial charge is 0.495 e. The lowest BCUT2D eigenvalue weighted by Crippen LogP contribution is -2.31. The average molecular weight is 453 g/mol. The predicted octanol–water partition coefficient (Wildman–Crippen LogP) is 4.97. The minimum Gasteiger partial charge on any atom is -0.495 e. The molecule has 1 heterocycles. The minimum atomic E-state index is -0.101. The van der Waals surface area contributed by atoms with Crippen LogP contribution in [-0.4, -0.2) is 51.9 Å². The Balaban J connectivity index is 1.96. The number of nitrogens with one attached hydrogen (secondary N) is 1. The molecule has 0 saturated carbocycles. The summed E-state index contributed by atoms with van der Waals surface area (Å²) in [5, 5.41) is 4.65. The molecule has 0 saturated heterocycles. The summed E-state index contributed by atoms with van der Waals surface area (Å²) in [5.74, 6) is 2.13. The number of hydrogen-bond acceptors (Lipinski definition) is 5. The fourth-order valence-corrected chi connectivity index (χ4v) is 4.53. The molecule has 0 spiro atoms. The van der Waals surface area contributed by atoms with E-state index in [0.29, 0.717) is 22.4 Å². The summed E-state index contributed by atoms with van der Waals surface area (Å²) < 4.78 is 17.4. The standard InChI is InChI=1S/C23H30Cl2N2O3/c1-5-27(6-2)9-10-30-21-14-17-15(11-20(21)28-3)7-8-26-22(17)18-12-16(24)13-19(25)23(18)29-4/h11-14,22,26H,5-10H2,1-4H3. The number of ether oxygens (including phenoxy) is 3. The zero-order valence-corrected chi connectivity index (χ0v) is 19.6. The first-order chi connectivity index (χ1) is 14.5. The monoisotopic (exact) mass is 452 g/mol. The lowest BCUT2D eigenvalue weighted by atomic mass is 9.89. The van der Waals surface area contributed by atoms with Crippen molar-refractivity contribution in [3.8, 4) is 17.2 Å². The number of nitrogens with zero attached hydrogens (tertiary/aromatic N) is 1. The molecule has 0 radical (unpaired) electrons. The molecule has 0 fully saturated rings. The molecule has 0 aromatic heterocycles. The van der Waals surface area contributed by atoms with E-state index in [1.807, 2.05) is 6.07 Å². The number of fused-ring (bicyclic) bond motifs is 1. The van der Waals surface area contributed by atoms with Crippen LogP contribution in [0, 0.1) is 0 Å². The minimum absolute atomic E-state index is 0.101. The summed E-state index contributed by atoms with van der Waals surface area (Å²) in [6.07, 6.45) is 0.901. The van der Waals surface area contributed by atoms with Crippen molar-refractivity contribution >= 4 is 23.2 Å². The van der Waals surface area contributed by atoms with Crippen LogP contribution in [0.4, 0.5) is 0 Å². The molecule has 1 atom stereocenters. The van der Waals surface area contributed by atoms with Crippen LogP contribution in [0.5, 0.6) is 17.2 Å². The molecular weight excluding hydrogens is 423 g/mol. The van der Waals surface area contributed by atoms with Crippen molar-refractivity contribution in [1.82, 2.24) is 10.2 Å². The zero-order valence-electron chi connectivity index (χ0n) is 18.1. The fraction of sp³-hybridized carbons (Fsp3) is 0.478. The number of halogens is 2. The first kappa shape index (κ1) is 23.0. The Morgan fingerprint density at radius 1 is 1.00 bits per heavy atom. The van der Waals surface area contributed by atoms with Crippen LogP contribution in [0.1, 0.15) is 36.6 Å². The van der Waals surface area contributed by atoms with Gasteiger partial charge in [0.05, 0.1) is 25.3 Å². The number of rotatable bonds is 9. The molecule has 164 valence electrons. The predicted molar refractivity (Wildman–Crippen MR) is 123 cm³/mol. The smallest absolute Gasteiger partial charge is 0.161 e. The van der Waals surface area contributed by atoms with Crippen molar-refractivity contribution in [2.45, 2.75) is 26.3 Å². The van der Waals surface area contributed by atoms with E-state index in [0.717, 1.165) is 55.2 Å². The maximum absolute atomic E-state index is 6.40. The van der Waals surface area contributed by atoms with Crippen LogP contribution in [0.15, 0.2) is 24.3 Å². The first-order valence-corrected chi connectivity index (χ1v) is 11.1. The molecule has 1 N–H and O–H groups in total. The second kappa shape index (κ2) is 10.6. The van der Waals surface area contributed by atoms with Crippen molar-refractivity contribution < 1.29 is 14.2 Å². The Kier molecular flexibility index (Phi) is 8.12. The van der Waals surface area contributed by atoms with Crippen molar-refractivity contribution in [2.75, 3.05) is 47.0 Å². The highest BCUT2D eigenvalue weighted by molar-refractivity contribution is 6.35. The van der Waals surface area contributed by atoms with Gasteiger partial charge in [0.2, 0.25) is 0 Å².